The third kappa shape index (κ3) is 4.10. The third-order valence-corrected chi connectivity index (χ3v) is 5.85. The molecule has 6 nitrogen and oxygen atoms in total. The monoisotopic (exact) mass is 402 g/mol. The molecule has 0 bridgehead atoms. The van der Waals surface area contributed by atoms with E-state index in [0.29, 0.717) is 44.3 Å². The van der Waals surface area contributed by atoms with Gasteiger partial charge in [-0.3, -0.25) is 4.79 Å². The standard InChI is InChI=1S/C19H25F3N2O4/c1-13(19(20,21)22)28-15-4-3-14(11-23-15)24-10-9-17(16(24)25)5-7-18(26,8-6-17)12-27-2/h3-4,11,13,26H,5-10,12H2,1-2H3/t13-,17?,18?/m0/s1. The van der Waals surface area contributed by atoms with Crippen LogP contribution in [0.5, 0.6) is 5.88 Å². The van der Waals surface area contributed by atoms with Crippen molar-refractivity contribution in [3.05, 3.63) is 18.3 Å². The molecule has 1 aromatic rings. The lowest BCUT2D eigenvalue weighted by Crippen LogP contribution is -2.45. The number of amides is 1. The molecule has 1 aliphatic carbocycles. The Kier molecular flexibility index (Phi) is 5.60. The average Bonchev–Trinajstić information content (AvgIpc) is 2.95. The molecule has 0 aromatic carbocycles. The molecule has 28 heavy (non-hydrogen) atoms. The highest BCUT2D eigenvalue weighted by molar-refractivity contribution is 5.99. The topological polar surface area (TPSA) is 71.9 Å². The number of ether oxygens (including phenoxy) is 2. The highest BCUT2D eigenvalue weighted by Crippen LogP contribution is 2.48. The number of rotatable bonds is 5. The minimum absolute atomic E-state index is 0.0221. The SMILES string of the molecule is COCC1(O)CCC2(CCN(c3ccc(O[C@@H](C)C(F)(F)F)nc3)C2=O)CC1. The van der Waals surface area contributed by atoms with Crippen molar-refractivity contribution in [3.63, 3.8) is 0 Å². The Balaban J connectivity index is 1.65. The molecular weight excluding hydrogens is 377 g/mol. The molecule has 156 valence electrons. The summed E-state index contributed by atoms with van der Waals surface area (Å²) in [5.41, 5.74) is -0.852. The number of nitrogens with zero attached hydrogens (tertiary/aromatic N) is 2. The Labute approximate surface area is 161 Å². The van der Waals surface area contributed by atoms with Gasteiger partial charge in [0.2, 0.25) is 11.8 Å². The zero-order chi connectivity index (χ0) is 20.6. The number of aliphatic hydroxyl groups is 1. The summed E-state index contributed by atoms with van der Waals surface area (Å²) in [6.45, 7) is 1.68. The normalized spacial score (nSPS) is 29.4. The molecule has 1 saturated carbocycles. The maximum absolute atomic E-state index is 13.1. The van der Waals surface area contributed by atoms with Crippen LogP contribution in [0.15, 0.2) is 18.3 Å². The van der Waals surface area contributed by atoms with Crippen LogP contribution >= 0.6 is 0 Å². The number of pyridine rings is 1. The molecule has 1 spiro atoms. The molecule has 2 fully saturated rings. The number of carbonyl (C=O) groups excluding carboxylic acids is 1. The summed E-state index contributed by atoms with van der Waals surface area (Å²) >= 11 is 0. The van der Waals surface area contributed by atoms with Crippen molar-refractivity contribution in [2.24, 2.45) is 5.41 Å². The van der Waals surface area contributed by atoms with E-state index >= 15 is 0 Å². The first-order valence-corrected chi connectivity index (χ1v) is 9.31. The number of methoxy groups -OCH3 is 1. The van der Waals surface area contributed by atoms with Gasteiger partial charge in [-0.15, -0.1) is 0 Å². The van der Waals surface area contributed by atoms with Gasteiger partial charge in [-0.05, 0) is 45.1 Å². The Morgan fingerprint density at radius 3 is 2.46 bits per heavy atom. The van der Waals surface area contributed by atoms with Gasteiger partial charge in [-0.1, -0.05) is 0 Å². The lowest BCUT2D eigenvalue weighted by molar-refractivity contribution is -0.189. The predicted octanol–water partition coefficient (Wildman–Crippen LogP) is 3.09. The summed E-state index contributed by atoms with van der Waals surface area (Å²) in [5, 5.41) is 10.5. The van der Waals surface area contributed by atoms with E-state index in [4.69, 9.17) is 9.47 Å². The van der Waals surface area contributed by atoms with Crippen LogP contribution in [0.3, 0.4) is 0 Å². The molecule has 1 aromatic heterocycles. The number of hydrogen-bond acceptors (Lipinski definition) is 5. The molecular formula is C19H25F3N2O4. The molecule has 1 aliphatic heterocycles. The second-order valence-corrected chi connectivity index (χ2v) is 7.80. The van der Waals surface area contributed by atoms with E-state index in [9.17, 15) is 23.1 Å². The highest BCUT2D eigenvalue weighted by atomic mass is 19.4. The lowest BCUT2D eigenvalue weighted by atomic mass is 9.68. The minimum Gasteiger partial charge on any atom is -0.465 e. The van der Waals surface area contributed by atoms with Crippen molar-refractivity contribution in [1.82, 2.24) is 4.98 Å². The summed E-state index contributed by atoms with van der Waals surface area (Å²) < 4.78 is 47.6. The molecule has 1 atom stereocenters. The van der Waals surface area contributed by atoms with E-state index in [1.54, 1.807) is 18.1 Å². The fraction of sp³-hybridized carbons (Fsp3) is 0.684. The van der Waals surface area contributed by atoms with Crippen molar-refractivity contribution in [2.45, 2.75) is 56.9 Å². The van der Waals surface area contributed by atoms with Crippen molar-refractivity contribution in [1.29, 1.82) is 0 Å². The average molecular weight is 402 g/mol. The smallest absolute Gasteiger partial charge is 0.425 e. The van der Waals surface area contributed by atoms with E-state index in [2.05, 4.69) is 4.98 Å². The molecule has 2 heterocycles. The van der Waals surface area contributed by atoms with Crippen LogP contribution in [0.1, 0.15) is 39.0 Å². The molecule has 1 N–H and O–H groups in total. The van der Waals surface area contributed by atoms with E-state index in [-0.39, 0.29) is 18.4 Å². The Morgan fingerprint density at radius 1 is 1.25 bits per heavy atom. The first-order valence-electron chi connectivity index (χ1n) is 9.31. The minimum atomic E-state index is -4.47. The number of halogens is 3. The van der Waals surface area contributed by atoms with Gasteiger partial charge < -0.3 is 19.5 Å². The van der Waals surface area contributed by atoms with E-state index in [1.165, 1.54) is 12.3 Å². The van der Waals surface area contributed by atoms with E-state index in [1.807, 2.05) is 0 Å². The molecule has 3 rings (SSSR count). The number of carbonyl (C=O) groups is 1. The molecule has 2 aliphatic rings. The summed E-state index contributed by atoms with van der Waals surface area (Å²) in [5.74, 6) is -0.164. The van der Waals surface area contributed by atoms with Crippen molar-refractivity contribution in [3.8, 4) is 5.88 Å². The lowest BCUT2D eigenvalue weighted by Gasteiger charge is -2.40. The Hall–Kier alpha value is -1.87. The number of hydrogen-bond donors (Lipinski definition) is 1. The van der Waals surface area contributed by atoms with Crippen LogP contribution < -0.4 is 9.64 Å². The van der Waals surface area contributed by atoms with Crippen LogP contribution in [0.4, 0.5) is 18.9 Å². The zero-order valence-electron chi connectivity index (χ0n) is 16.0. The van der Waals surface area contributed by atoms with E-state index in [0.717, 1.165) is 6.92 Å². The number of anilines is 1. The van der Waals surface area contributed by atoms with Crippen LogP contribution in [0.25, 0.3) is 0 Å². The van der Waals surface area contributed by atoms with Gasteiger partial charge in [-0.2, -0.15) is 13.2 Å². The van der Waals surface area contributed by atoms with Crippen molar-refractivity contribution in [2.75, 3.05) is 25.2 Å². The summed E-state index contributed by atoms with van der Waals surface area (Å²) in [6.07, 6.45) is -2.22. The maximum atomic E-state index is 13.1. The second kappa shape index (κ2) is 7.51. The second-order valence-electron chi connectivity index (χ2n) is 7.80. The predicted molar refractivity (Wildman–Crippen MR) is 95.1 cm³/mol. The number of alkyl halides is 3. The van der Waals surface area contributed by atoms with Gasteiger partial charge in [0.1, 0.15) is 0 Å². The first kappa shape index (κ1) is 20.9. The van der Waals surface area contributed by atoms with Crippen LogP contribution in [-0.4, -0.2) is 54.1 Å². The Bertz CT molecular complexity index is 700. The summed E-state index contributed by atoms with van der Waals surface area (Å²) in [7, 11) is 1.54. The summed E-state index contributed by atoms with van der Waals surface area (Å²) in [6, 6.07) is 2.89. The number of aromatic nitrogens is 1. The molecule has 1 saturated heterocycles. The van der Waals surface area contributed by atoms with Gasteiger partial charge in [0.25, 0.3) is 0 Å². The highest BCUT2D eigenvalue weighted by Gasteiger charge is 2.51. The fourth-order valence-electron chi connectivity index (χ4n) is 3.99. The van der Waals surface area contributed by atoms with Gasteiger partial charge in [0.05, 0.1) is 29.5 Å². The quantitative estimate of drug-likeness (QED) is 0.820. The molecule has 9 heteroatoms. The van der Waals surface area contributed by atoms with Crippen molar-refractivity contribution >= 4 is 11.6 Å². The first-order chi connectivity index (χ1) is 13.1. The fourth-order valence-corrected chi connectivity index (χ4v) is 3.99. The van der Waals surface area contributed by atoms with Gasteiger partial charge in [-0.25, -0.2) is 4.98 Å². The largest absolute Gasteiger partial charge is 0.465 e. The third-order valence-electron chi connectivity index (χ3n) is 5.85. The van der Waals surface area contributed by atoms with Gasteiger partial charge in [0.15, 0.2) is 6.10 Å². The van der Waals surface area contributed by atoms with Crippen LogP contribution in [-0.2, 0) is 9.53 Å². The molecule has 0 radical (unpaired) electrons. The van der Waals surface area contributed by atoms with E-state index < -0.39 is 23.3 Å². The zero-order valence-corrected chi connectivity index (χ0v) is 16.0. The molecule has 1 amide bonds. The van der Waals surface area contributed by atoms with Crippen molar-refractivity contribution < 1.29 is 32.5 Å². The maximum Gasteiger partial charge on any atom is 0.425 e. The van der Waals surface area contributed by atoms with Crippen LogP contribution in [0.2, 0.25) is 0 Å². The van der Waals surface area contributed by atoms with Crippen LogP contribution in [0, 0.1) is 5.41 Å². The van der Waals surface area contributed by atoms with Gasteiger partial charge >= 0.3 is 6.18 Å². The Morgan fingerprint density at radius 2 is 1.93 bits per heavy atom. The molecule has 0 unspecified atom stereocenters. The van der Waals surface area contributed by atoms with Gasteiger partial charge in [0, 0.05) is 19.7 Å². The summed E-state index contributed by atoms with van der Waals surface area (Å²) in [4.78, 5) is 18.6.